The number of amides is 1. The number of benzene rings is 2. The highest BCUT2D eigenvalue weighted by atomic mass is 16.6. The standard InChI is InChI=1S/C19H21N3O5/c1-21(14-9-10-20-12-14)19(23)17-11-13(22(24)25)3-8-18(17)27-16-6-4-15(26-2)5-7-16/h3-8,11,14,20H,9-10,12H2,1-2H3. The van der Waals surface area contributed by atoms with Crippen molar-refractivity contribution in [3.63, 3.8) is 0 Å². The molecule has 2 aromatic carbocycles. The van der Waals surface area contributed by atoms with Gasteiger partial charge in [0.25, 0.3) is 11.6 Å². The molecule has 1 heterocycles. The molecular formula is C19H21N3O5. The Morgan fingerprint density at radius 1 is 1.22 bits per heavy atom. The number of carbonyl (C=O) groups is 1. The summed E-state index contributed by atoms with van der Waals surface area (Å²) in [5.74, 6) is 1.14. The van der Waals surface area contributed by atoms with Gasteiger partial charge in [-0.1, -0.05) is 0 Å². The molecule has 1 N–H and O–H groups in total. The number of nitro groups is 1. The molecule has 142 valence electrons. The minimum Gasteiger partial charge on any atom is -0.497 e. The Hall–Kier alpha value is -3.13. The molecule has 0 spiro atoms. The van der Waals surface area contributed by atoms with Crippen LogP contribution in [0.5, 0.6) is 17.2 Å². The molecule has 0 aromatic heterocycles. The summed E-state index contributed by atoms with van der Waals surface area (Å²) in [4.78, 5) is 25.2. The van der Waals surface area contributed by atoms with Gasteiger partial charge in [0.2, 0.25) is 0 Å². The van der Waals surface area contributed by atoms with Gasteiger partial charge in [-0.3, -0.25) is 14.9 Å². The molecule has 0 radical (unpaired) electrons. The van der Waals surface area contributed by atoms with Gasteiger partial charge in [-0.25, -0.2) is 0 Å². The van der Waals surface area contributed by atoms with Crippen LogP contribution in [0.15, 0.2) is 42.5 Å². The highest BCUT2D eigenvalue weighted by molar-refractivity contribution is 5.97. The molecule has 1 aliphatic rings. The van der Waals surface area contributed by atoms with E-state index >= 15 is 0 Å². The van der Waals surface area contributed by atoms with Crippen LogP contribution in [0, 0.1) is 10.1 Å². The molecule has 2 aromatic rings. The fourth-order valence-corrected chi connectivity index (χ4v) is 2.98. The van der Waals surface area contributed by atoms with Crippen molar-refractivity contribution in [2.75, 3.05) is 27.2 Å². The number of ether oxygens (including phenoxy) is 2. The van der Waals surface area contributed by atoms with E-state index < -0.39 is 4.92 Å². The van der Waals surface area contributed by atoms with E-state index in [9.17, 15) is 14.9 Å². The lowest BCUT2D eigenvalue weighted by atomic mass is 10.1. The summed E-state index contributed by atoms with van der Waals surface area (Å²) in [5.41, 5.74) is 0.00722. The number of non-ortho nitro benzene ring substituents is 1. The molecule has 1 atom stereocenters. The van der Waals surface area contributed by atoms with E-state index in [0.717, 1.165) is 13.0 Å². The van der Waals surface area contributed by atoms with Gasteiger partial charge in [-0.2, -0.15) is 0 Å². The number of hydrogen-bond acceptors (Lipinski definition) is 6. The maximum atomic E-state index is 13.0. The van der Waals surface area contributed by atoms with Gasteiger partial charge in [0, 0.05) is 31.8 Å². The normalized spacial score (nSPS) is 16.0. The average molecular weight is 371 g/mol. The van der Waals surface area contributed by atoms with Gasteiger partial charge in [-0.15, -0.1) is 0 Å². The zero-order chi connectivity index (χ0) is 19.4. The number of nitrogens with one attached hydrogen (secondary N) is 1. The number of methoxy groups -OCH3 is 1. The smallest absolute Gasteiger partial charge is 0.270 e. The van der Waals surface area contributed by atoms with E-state index in [-0.39, 0.29) is 28.9 Å². The van der Waals surface area contributed by atoms with Crippen LogP contribution >= 0.6 is 0 Å². The molecule has 1 fully saturated rings. The molecule has 0 saturated carbocycles. The van der Waals surface area contributed by atoms with Crippen molar-refractivity contribution < 1.29 is 19.2 Å². The lowest BCUT2D eigenvalue weighted by Crippen LogP contribution is -2.38. The predicted octanol–water partition coefficient (Wildman–Crippen LogP) is 2.83. The van der Waals surface area contributed by atoms with Crippen molar-refractivity contribution in [3.8, 4) is 17.2 Å². The van der Waals surface area contributed by atoms with E-state index in [2.05, 4.69) is 5.32 Å². The summed E-state index contributed by atoms with van der Waals surface area (Å²) in [5, 5.41) is 14.4. The van der Waals surface area contributed by atoms with Crippen molar-refractivity contribution in [2.45, 2.75) is 12.5 Å². The molecule has 0 bridgehead atoms. The number of rotatable bonds is 6. The third-order valence-electron chi connectivity index (χ3n) is 4.59. The Kier molecular flexibility index (Phi) is 5.56. The van der Waals surface area contributed by atoms with E-state index in [4.69, 9.17) is 9.47 Å². The first-order chi connectivity index (χ1) is 13.0. The minimum absolute atomic E-state index is 0.0469. The highest BCUT2D eigenvalue weighted by Gasteiger charge is 2.27. The van der Waals surface area contributed by atoms with Crippen molar-refractivity contribution in [1.29, 1.82) is 0 Å². The quantitative estimate of drug-likeness (QED) is 0.620. The molecule has 1 aliphatic heterocycles. The van der Waals surface area contributed by atoms with Crippen LogP contribution in [0.1, 0.15) is 16.8 Å². The summed E-state index contributed by atoms with van der Waals surface area (Å²) < 4.78 is 11.0. The molecule has 1 amide bonds. The fourth-order valence-electron chi connectivity index (χ4n) is 2.98. The van der Waals surface area contributed by atoms with Gasteiger partial charge < -0.3 is 19.7 Å². The Morgan fingerprint density at radius 3 is 2.52 bits per heavy atom. The van der Waals surface area contributed by atoms with Crippen molar-refractivity contribution >= 4 is 11.6 Å². The highest BCUT2D eigenvalue weighted by Crippen LogP contribution is 2.31. The van der Waals surface area contributed by atoms with E-state index in [0.29, 0.717) is 18.0 Å². The topological polar surface area (TPSA) is 93.9 Å². The van der Waals surface area contributed by atoms with Crippen LogP contribution in [0.2, 0.25) is 0 Å². The molecule has 0 aliphatic carbocycles. The Bertz CT molecular complexity index is 832. The van der Waals surface area contributed by atoms with Crippen LogP contribution in [-0.4, -0.2) is 49.0 Å². The van der Waals surface area contributed by atoms with Crippen molar-refractivity contribution in [2.24, 2.45) is 0 Å². The minimum atomic E-state index is -0.523. The zero-order valence-electron chi connectivity index (χ0n) is 15.2. The first kappa shape index (κ1) is 18.7. The second-order valence-electron chi connectivity index (χ2n) is 6.28. The molecule has 8 heteroatoms. The van der Waals surface area contributed by atoms with Gasteiger partial charge in [0.05, 0.1) is 17.6 Å². The largest absolute Gasteiger partial charge is 0.497 e. The summed E-state index contributed by atoms with van der Waals surface area (Å²) in [6, 6.07) is 11.0. The molecule has 1 unspecified atom stereocenters. The second kappa shape index (κ2) is 8.05. The van der Waals surface area contributed by atoms with Crippen LogP contribution in [0.25, 0.3) is 0 Å². The third-order valence-corrected chi connectivity index (χ3v) is 4.59. The van der Waals surface area contributed by atoms with Gasteiger partial charge in [0.1, 0.15) is 17.2 Å². The average Bonchev–Trinajstić information content (AvgIpc) is 3.22. The monoisotopic (exact) mass is 371 g/mol. The number of nitrogens with zero attached hydrogens (tertiary/aromatic N) is 2. The molecule has 8 nitrogen and oxygen atoms in total. The maximum Gasteiger partial charge on any atom is 0.270 e. The number of likely N-dealkylation sites (N-methyl/N-ethyl adjacent to an activating group) is 1. The van der Waals surface area contributed by atoms with E-state index in [1.165, 1.54) is 18.2 Å². The van der Waals surface area contributed by atoms with Crippen LogP contribution in [0.3, 0.4) is 0 Å². The number of carbonyl (C=O) groups excluding carboxylic acids is 1. The van der Waals surface area contributed by atoms with Crippen molar-refractivity contribution in [3.05, 3.63) is 58.1 Å². The van der Waals surface area contributed by atoms with Crippen LogP contribution in [-0.2, 0) is 0 Å². The fraction of sp³-hybridized carbons (Fsp3) is 0.316. The summed E-state index contributed by atoms with van der Waals surface area (Å²) in [6.45, 7) is 1.54. The number of nitro benzene ring substituents is 1. The van der Waals surface area contributed by atoms with Crippen LogP contribution in [0.4, 0.5) is 5.69 Å². The first-order valence-electron chi connectivity index (χ1n) is 8.58. The second-order valence-corrected chi connectivity index (χ2v) is 6.28. The van der Waals surface area contributed by atoms with Gasteiger partial charge in [-0.05, 0) is 43.3 Å². The summed E-state index contributed by atoms with van der Waals surface area (Å²) in [7, 11) is 3.27. The molecule has 3 rings (SSSR count). The Morgan fingerprint density at radius 2 is 1.93 bits per heavy atom. The van der Waals surface area contributed by atoms with Crippen molar-refractivity contribution in [1.82, 2.24) is 10.2 Å². The first-order valence-corrected chi connectivity index (χ1v) is 8.58. The summed E-state index contributed by atoms with van der Waals surface area (Å²) >= 11 is 0. The number of hydrogen-bond donors (Lipinski definition) is 1. The van der Waals surface area contributed by atoms with E-state index in [1.807, 2.05) is 0 Å². The zero-order valence-corrected chi connectivity index (χ0v) is 15.2. The molecular weight excluding hydrogens is 350 g/mol. The molecule has 1 saturated heterocycles. The Balaban J connectivity index is 1.92. The Labute approximate surface area is 156 Å². The van der Waals surface area contributed by atoms with Crippen LogP contribution < -0.4 is 14.8 Å². The van der Waals surface area contributed by atoms with Gasteiger partial charge >= 0.3 is 0 Å². The SMILES string of the molecule is COc1ccc(Oc2ccc([N+](=O)[O-])cc2C(=O)N(C)C2CCNC2)cc1. The van der Waals surface area contributed by atoms with Gasteiger partial charge in [0.15, 0.2) is 0 Å². The summed E-state index contributed by atoms with van der Waals surface area (Å²) in [6.07, 6.45) is 0.839. The third kappa shape index (κ3) is 4.17. The van der Waals surface area contributed by atoms with E-state index in [1.54, 1.807) is 43.3 Å². The lowest BCUT2D eigenvalue weighted by molar-refractivity contribution is -0.384. The molecule has 27 heavy (non-hydrogen) atoms. The lowest BCUT2D eigenvalue weighted by Gasteiger charge is -2.24. The maximum absolute atomic E-state index is 13.0. The predicted molar refractivity (Wildman–Crippen MR) is 99.5 cm³/mol.